The molecule has 0 saturated heterocycles. The van der Waals surface area contributed by atoms with Crippen molar-refractivity contribution in [1.29, 1.82) is 0 Å². The van der Waals surface area contributed by atoms with Crippen molar-refractivity contribution in [2.45, 2.75) is 6.92 Å². The van der Waals surface area contributed by atoms with Gasteiger partial charge >= 0.3 is 0 Å². The van der Waals surface area contributed by atoms with E-state index in [-0.39, 0.29) is 0 Å². The van der Waals surface area contributed by atoms with Gasteiger partial charge in [-0.1, -0.05) is 11.6 Å². The molecule has 0 atom stereocenters. The maximum atomic E-state index is 6.23. The van der Waals surface area contributed by atoms with Gasteiger partial charge in [0.1, 0.15) is 16.9 Å². The van der Waals surface area contributed by atoms with Crippen LogP contribution in [-0.4, -0.2) is 13.7 Å². The molecule has 0 unspecified atom stereocenters. The molecule has 3 rings (SSSR count). The van der Waals surface area contributed by atoms with Crippen LogP contribution in [0.3, 0.4) is 0 Å². The van der Waals surface area contributed by atoms with Crippen LogP contribution >= 0.6 is 39.3 Å². The predicted octanol–water partition coefficient (Wildman–Crippen LogP) is 4.55. The first-order valence-corrected chi connectivity index (χ1v) is 7.36. The van der Waals surface area contributed by atoms with Gasteiger partial charge in [-0.05, 0) is 46.6 Å². The average molecular weight is 356 g/mol. The maximum Gasteiger partial charge on any atom is 0.145 e. The number of aryl methyl sites for hydroxylation is 1. The number of pyridine rings is 1. The normalized spacial score (nSPS) is 10.9. The molecule has 0 aliphatic heterocycles. The molecule has 3 aromatic rings. The van der Waals surface area contributed by atoms with Gasteiger partial charge < -0.3 is 5.32 Å². The third-order valence-corrected chi connectivity index (χ3v) is 4.56. The van der Waals surface area contributed by atoms with Crippen LogP contribution < -0.4 is 5.32 Å². The molecule has 0 aliphatic carbocycles. The second kappa shape index (κ2) is 5.03. The Balaban J connectivity index is 2.13. The van der Waals surface area contributed by atoms with Crippen molar-refractivity contribution in [3.63, 3.8) is 0 Å². The minimum absolute atomic E-state index is 0.593. The van der Waals surface area contributed by atoms with E-state index in [0.717, 1.165) is 38.5 Å². The number of aromatic nitrogens is 3. The molecule has 0 saturated carbocycles. The van der Waals surface area contributed by atoms with Crippen LogP contribution in [0, 0.1) is 6.92 Å². The van der Waals surface area contributed by atoms with Crippen molar-refractivity contribution in [1.82, 2.24) is 13.7 Å². The standard InChI is InChI=1S/C12H8BrClN4S/c1-6-4-5-15-12(9(6)13)16-10-7(14)2-3-8-11(10)18-19-17-8/h2-5H,1H3,(H,15,16). The number of hydrogen-bond donors (Lipinski definition) is 1. The lowest BCUT2D eigenvalue weighted by Crippen LogP contribution is -1.97. The van der Waals surface area contributed by atoms with Crippen LogP contribution in [0.2, 0.25) is 5.02 Å². The Morgan fingerprint density at radius 1 is 1.26 bits per heavy atom. The van der Waals surface area contributed by atoms with Gasteiger partial charge in [-0.3, -0.25) is 0 Å². The van der Waals surface area contributed by atoms with Crippen molar-refractivity contribution in [2.75, 3.05) is 5.32 Å². The first-order valence-electron chi connectivity index (χ1n) is 5.45. The Bertz CT molecular complexity index is 759. The Kier molecular flexibility index (Phi) is 3.38. The van der Waals surface area contributed by atoms with Crippen molar-refractivity contribution in [3.8, 4) is 0 Å². The van der Waals surface area contributed by atoms with Crippen molar-refractivity contribution in [3.05, 3.63) is 39.5 Å². The van der Waals surface area contributed by atoms with E-state index in [2.05, 4.69) is 35.0 Å². The van der Waals surface area contributed by atoms with Crippen LogP contribution in [0.5, 0.6) is 0 Å². The molecule has 96 valence electrons. The van der Waals surface area contributed by atoms with E-state index < -0.39 is 0 Å². The first-order chi connectivity index (χ1) is 9.16. The fourth-order valence-electron chi connectivity index (χ4n) is 1.69. The number of rotatable bonds is 2. The SMILES string of the molecule is Cc1ccnc(Nc2c(Cl)ccc3nsnc23)c1Br. The van der Waals surface area contributed by atoms with E-state index in [1.165, 1.54) is 0 Å². The zero-order chi connectivity index (χ0) is 13.4. The molecule has 1 N–H and O–H groups in total. The second-order valence-corrected chi connectivity index (χ2v) is 5.70. The molecular formula is C12H8BrClN4S. The third kappa shape index (κ3) is 2.31. The third-order valence-electron chi connectivity index (χ3n) is 2.70. The Morgan fingerprint density at radius 3 is 2.95 bits per heavy atom. The van der Waals surface area contributed by atoms with Gasteiger partial charge in [0.05, 0.1) is 26.9 Å². The predicted molar refractivity (Wildman–Crippen MR) is 82.4 cm³/mol. The Morgan fingerprint density at radius 2 is 2.11 bits per heavy atom. The largest absolute Gasteiger partial charge is 0.336 e. The average Bonchev–Trinajstić information content (AvgIpc) is 2.86. The van der Waals surface area contributed by atoms with Gasteiger partial charge in [0.25, 0.3) is 0 Å². The summed E-state index contributed by atoms with van der Waals surface area (Å²) >= 11 is 10.9. The summed E-state index contributed by atoms with van der Waals surface area (Å²) in [7, 11) is 0. The van der Waals surface area contributed by atoms with Gasteiger partial charge in [-0.15, -0.1) is 0 Å². The molecule has 4 nitrogen and oxygen atoms in total. The van der Waals surface area contributed by atoms with Gasteiger partial charge in [0.15, 0.2) is 0 Å². The molecule has 0 radical (unpaired) electrons. The lowest BCUT2D eigenvalue weighted by molar-refractivity contribution is 1.25. The first kappa shape index (κ1) is 12.8. The van der Waals surface area contributed by atoms with Gasteiger partial charge in [0.2, 0.25) is 0 Å². The zero-order valence-corrected chi connectivity index (χ0v) is 13.0. The summed E-state index contributed by atoms with van der Waals surface area (Å²) in [6.07, 6.45) is 1.75. The van der Waals surface area contributed by atoms with Crippen LogP contribution in [0.1, 0.15) is 5.56 Å². The minimum Gasteiger partial charge on any atom is -0.336 e. The van der Waals surface area contributed by atoms with Crippen molar-refractivity contribution in [2.24, 2.45) is 0 Å². The maximum absolute atomic E-state index is 6.23. The summed E-state index contributed by atoms with van der Waals surface area (Å²) in [6, 6.07) is 5.59. The van der Waals surface area contributed by atoms with E-state index in [4.69, 9.17) is 11.6 Å². The van der Waals surface area contributed by atoms with Crippen LogP contribution in [0.15, 0.2) is 28.9 Å². The number of benzene rings is 1. The second-order valence-electron chi connectivity index (χ2n) is 3.97. The smallest absolute Gasteiger partial charge is 0.145 e. The summed E-state index contributed by atoms with van der Waals surface area (Å²) in [5.74, 6) is 0.711. The summed E-state index contributed by atoms with van der Waals surface area (Å²) < 4.78 is 9.38. The van der Waals surface area contributed by atoms with Crippen molar-refractivity contribution >= 4 is 61.8 Å². The van der Waals surface area contributed by atoms with Gasteiger partial charge in [0, 0.05) is 6.20 Å². The molecule has 0 fully saturated rings. The molecule has 0 spiro atoms. The highest BCUT2D eigenvalue weighted by Crippen LogP contribution is 2.34. The number of fused-ring (bicyclic) bond motifs is 1. The quantitative estimate of drug-likeness (QED) is 0.732. The van der Waals surface area contributed by atoms with Crippen LogP contribution in [0.25, 0.3) is 11.0 Å². The topological polar surface area (TPSA) is 50.7 Å². The Hall–Kier alpha value is -1.24. The summed E-state index contributed by atoms with van der Waals surface area (Å²) in [5.41, 5.74) is 3.40. The highest BCUT2D eigenvalue weighted by molar-refractivity contribution is 9.10. The number of anilines is 2. The van der Waals surface area contributed by atoms with Crippen LogP contribution in [-0.2, 0) is 0 Å². The Labute approximate surface area is 127 Å². The molecular weight excluding hydrogens is 348 g/mol. The van der Waals surface area contributed by atoms with E-state index >= 15 is 0 Å². The number of nitrogens with one attached hydrogen (secondary N) is 1. The van der Waals surface area contributed by atoms with E-state index in [0.29, 0.717) is 10.8 Å². The number of nitrogens with zero attached hydrogens (tertiary/aromatic N) is 3. The number of hydrogen-bond acceptors (Lipinski definition) is 5. The monoisotopic (exact) mass is 354 g/mol. The van der Waals surface area contributed by atoms with Crippen molar-refractivity contribution < 1.29 is 0 Å². The highest BCUT2D eigenvalue weighted by atomic mass is 79.9. The fourth-order valence-corrected chi connectivity index (χ4v) is 2.77. The zero-order valence-electron chi connectivity index (χ0n) is 9.82. The number of halogens is 2. The lowest BCUT2D eigenvalue weighted by Gasteiger charge is -2.10. The molecule has 2 aromatic heterocycles. The fraction of sp³-hybridized carbons (Fsp3) is 0.0833. The summed E-state index contributed by atoms with van der Waals surface area (Å²) in [5, 5.41) is 3.82. The van der Waals surface area contributed by atoms with E-state index in [9.17, 15) is 0 Å². The van der Waals surface area contributed by atoms with Gasteiger partial charge in [-0.2, -0.15) is 8.75 Å². The van der Waals surface area contributed by atoms with E-state index in [1.54, 1.807) is 12.3 Å². The lowest BCUT2D eigenvalue weighted by atomic mass is 10.2. The summed E-state index contributed by atoms with van der Waals surface area (Å²) in [4.78, 5) is 4.31. The molecule has 1 aromatic carbocycles. The van der Waals surface area contributed by atoms with E-state index in [1.807, 2.05) is 19.1 Å². The summed E-state index contributed by atoms with van der Waals surface area (Å²) in [6.45, 7) is 2.00. The molecule has 2 heterocycles. The molecule has 0 aliphatic rings. The minimum atomic E-state index is 0.593. The highest BCUT2D eigenvalue weighted by Gasteiger charge is 2.12. The molecule has 0 bridgehead atoms. The van der Waals surface area contributed by atoms with Gasteiger partial charge in [-0.25, -0.2) is 4.98 Å². The molecule has 7 heteroatoms. The van der Waals surface area contributed by atoms with Crippen LogP contribution in [0.4, 0.5) is 11.5 Å². The molecule has 19 heavy (non-hydrogen) atoms. The molecule has 0 amide bonds.